The van der Waals surface area contributed by atoms with Gasteiger partial charge < -0.3 is 20.1 Å². The van der Waals surface area contributed by atoms with Gasteiger partial charge in [0.15, 0.2) is 5.82 Å². The maximum Gasteiger partial charge on any atom is 0.210 e. The van der Waals surface area contributed by atoms with Crippen molar-refractivity contribution in [2.24, 2.45) is 0 Å². The molecule has 9 heteroatoms. The lowest BCUT2D eigenvalue weighted by atomic mass is 10.2. The summed E-state index contributed by atoms with van der Waals surface area (Å²) in [4.78, 5) is 0. The predicted octanol–water partition coefficient (Wildman–Crippen LogP) is 3.02. The van der Waals surface area contributed by atoms with Crippen LogP contribution in [0.15, 0.2) is 47.6 Å². The number of hydrogen-bond acceptors (Lipinski definition) is 7. The van der Waals surface area contributed by atoms with Crippen LogP contribution in [0.4, 0.5) is 4.39 Å². The number of ether oxygens (including phenoxy) is 3. The molecule has 7 nitrogen and oxygen atoms in total. The van der Waals surface area contributed by atoms with Crippen LogP contribution in [0.5, 0.6) is 17.2 Å². The summed E-state index contributed by atoms with van der Waals surface area (Å²) in [7, 11) is 3.13. The van der Waals surface area contributed by atoms with E-state index in [1.807, 2.05) is 18.2 Å². The Hall–Kier alpha value is -2.94. The first-order valence-corrected chi connectivity index (χ1v) is 9.00. The van der Waals surface area contributed by atoms with Gasteiger partial charge in [-0.25, -0.2) is 9.07 Å². The number of nitrogens with zero attached hydrogens (tertiary/aromatic N) is 3. The molecule has 2 aromatic carbocycles. The first-order chi connectivity index (χ1) is 13.1. The minimum Gasteiger partial charge on any atom is -0.497 e. The Bertz CT molecular complexity index is 919. The summed E-state index contributed by atoms with van der Waals surface area (Å²) in [6, 6.07) is 11.6. The van der Waals surface area contributed by atoms with Gasteiger partial charge >= 0.3 is 0 Å². The smallest absolute Gasteiger partial charge is 0.210 e. The molecule has 142 valence electrons. The van der Waals surface area contributed by atoms with Crippen LogP contribution < -0.4 is 20.1 Å². The van der Waals surface area contributed by atoms with Crippen molar-refractivity contribution >= 4 is 11.8 Å². The number of aromatic nitrogens is 3. The monoisotopic (exact) mass is 390 g/mol. The van der Waals surface area contributed by atoms with E-state index in [1.54, 1.807) is 26.4 Å². The molecule has 0 amide bonds. The highest BCUT2D eigenvalue weighted by Gasteiger charge is 2.13. The molecule has 0 bridgehead atoms. The highest BCUT2D eigenvalue weighted by atomic mass is 32.2. The number of methoxy groups -OCH3 is 2. The van der Waals surface area contributed by atoms with Crippen molar-refractivity contribution in [2.75, 3.05) is 20.1 Å². The van der Waals surface area contributed by atoms with E-state index < -0.39 is 0 Å². The largest absolute Gasteiger partial charge is 0.497 e. The van der Waals surface area contributed by atoms with E-state index in [4.69, 9.17) is 20.1 Å². The molecule has 0 unspecified atom stereocenters. The van der Waals surface area contributed by atoms with E-state index in [9.17, 15) is 4.39 Å². The molecule has 0 saturated heterocycles. The Balaban J connectivity index is 1.64. The molecule has 0 aliphatic heterocycles. The quantitative estimate of drug-likeness (QED) is 0.467. The Morgan fingerprint density at radius 2 is 1.89 bits per heavy atom. The standard InChI is InChI=1S/C18H19FN4O3S/c1-24-14-4-3-5-15(9-14)26-10-17-21-22-18(23(17)20)27-11-12-8-13(19)6-7-16(12)25-2/h3-9H,10-11,20H2,1-2H3. The third-order valence-corrected chi connectivity index (χ3v) is 4.74. The molecule has 0 saturated carbocycles. The zero-order valence-corrected chi connectivity index (χ0v) is 15.7. The SMILES string of the molecule is COc1cccc(OCc2nnc(SCc3cc(F)ccc3OC)n2N)c1. The number of nitrogen functional groups attached to an aromatic ring is 1. The van der Waals surface area contributed by atoms with Crippen molar-refractivity contribution in [3.63, 3.8) is 0 Å². The maximum atomic E-state index is 13.5. The van der Waals surface area contributed by atoms with Gasteiger partial charge in [0.1, 0.15) is 29.7 Å². The van der Waals surface area contributed by atoms with Crippen molar-refractivity contribution in [2.45, 2.75) is 17.5 Å². The second kappa shape index (κ2) is 8.63. The summed E-state index contributed by atoms with van der Waals surface area (Å²) in [6.45, 7) is 0.153. The Labute approximate surface area is 160 Å². The minimum absolute atomic E-state index is 0.153. The molecule has 0 spiro atoms. The minimum atomic E-state index is -0.326. The topological polar surface area (TPSA) is 84.4 Å². The van der Waals surface area contributed by atoms with Gasteiger partial charge in [-0.15, -0.1) is 10.2 Å². The fraction of sp³-hybridized carbons (Fsp3) is 0.222. The first kappa shape index (κ1) is 18.8. The molecule has 0 radical (unpaired) electrons. The van der Waals surface area contributed by atoms with Gasteiger partial charge in [-0.2, -0.15) is 0 Å². The molecule has 2 N–H and O–H groups in total. The molecule has 27 heavy (non-hydrogen) atoms. The van der Waals surface area contributed by atoms with Crippen LogP contribution in [0.25, 0.3) is 0 Å². The molecule has 0 aliphatic carbocycles. The van der Waals surface area contributed by atoms with Crippen LogP contribution in [0.3, 0.4) is 0 Å². The lowest BCUT2D eigenvalue weighted by molar-refractivity contribution is 0.289. The molecular weight excluding hydrogens is 371 g/mol. The highest BCUT2D eigenvalue weighted by molar-refractivity contribution is 7.98. The molecule has 3 aromatic rings. The summed E-state index contributed by atoms with van der Waals surface area (Å²) in [6.07, 6.45) is 0. The predicted molar refractivity (Wildman–Crippen MR) is 100 cm³/mol. The normalized spacial score (nSPS) is 10.6. The van der Waals surface area contributed by atoms with Crippen molar-refractivity contribution in [1.29, 1.82) is 0 Å². The Morgan fingerprint density at radius 3 is 2.67 bits per heavy atom. The van der Waals surface area contributed by atoms with Crippen molar-refractivity contribution in [3.8, 4) is 17.2 Å². The average molecular weight is 390 g/mol. The van der Waals surface area contributed by atoms with E-state index in [0.29, 0.717) is 39.5 Å². The van der Waals surface area contributed by atoms with E-state index in [0.717, 1.165) is 0 Å². The molecule has 1 aromatic heterocycles. The number of halogens is 1. The summed E-state index contributed by atoms with van der Waals surface area (Å²) in [5, 5.41) is 8.61. The van der Waals surface area contributed by atoms with Crippen LogP contribution in [0.1, 0.15) is 11.4 Å². The van der Waals surface area contributed by atoms with Crippen molar-refractivity contribution < 1.29 is 18.6 Å². The zero-order valence-electron chi connectivity index (χ0n) is 14.9. The number of nitrogens with two attached hydrogens (primary N) is 1. The average Bonchev–Trinajstić information content (AvgIpc) is 3.04. The second-order valence-electron chi connectivity index (χ2n) is 5.48. The lowest BCUT2D eigenvalue weighted by Gasteiger charge is -2.09. The van der Waals surface area contributed by atoms with Crippen LogP contribution in [0, 0.1) is 5.82 Å². The fourth-order valence-corrected chi connectivity index (χ4v) is 3.20. The van der Waals surface area contributed by atoms with Gasteiger partial charge in [-0.1, -0.05) is 17.8 Å². The maximum absolute atomic E-state index is 13.5. The van der Waals surface area contributed by atoms with Crippen molar-refractivity contribution in [1.82, 2.24) is 14.9 Å². The van der Waals surface area contributed by atoms with Crippen LogP contribution in [-0.2, 0) is 12.4 Å². The first-order valence-electron chi connectivity index (χ1n) is 8.02. The second-order valence-corrected chi connectivity index (χ2v) is 6.42. The molecular formula is C18H19FN4O3S. The highest BCUT2D eigenvalue weighted by Crippen LogP contribution is 2.27. The molecule has 0 atom stereocenters. The summed E-state index contributed by atoms with van der Waals surface area (Å²) in [5.74, 6) is 8.56. The lowest BCUT2D eigenvalue weighted by Crippen LogP contribution is -2.15. The number of benzene rings is 2. The number of rotatable bonds is 8. The van der Waals surface area contributed by atoms with Crippen molar-refractivity contribution in [3.05, 3.63) is 59.7 Å². The van der Waals surface area contributed by atoms with E-state index >= 15 is 0 Å². The number of thioether (sulfide) groups is 1. The van der Waals surface area contributed by atoms with E-state index in [2.05, 4.69) is 10.2 Å². The van der Waals surface area contributed by atoms with Crippen LogP contribution in [-0.4, -0.2) is 29.1 Å². The van der Waals surface area contributed by atoms with E-state index in [1.165, 1.54) is 28.6 Å². The van der Waals surface area contributed by atoms with Gasteiger partial charge in [0.2, 0.25) is 5.16 Å². The fourth-order valence-electron chi connectivity index (χ4n) is 2.35. The van der Waals surface area contributed by atoms with Gasteiger partial charge in [0.05, 0.1) is 14.2 Å². The molecule has 1 heterocycles. The molecule has 3 rings (SSSR count). The third kappa shape index (κ3) is 4.62. The zero-order chi connectivity index (χ0) is 19.2. The van der Waals surface area contributed by atoms with Crippen LogP contribution >= 0.6 is 11.8 Å². The molecule has 0 aliphatic rings. The summed E-state index contributed by atoms with van der Waals surface area (Å²) >= 11 is 1.33. The third-order valence-electron chi connectivity index (χ3n) is 3.74. The van der Waals surface area contributed by atoms with E-state index in [-0.39, 0.29) is 12.4 Å². The Morgan fingerprint density at radius 1 is 1.07 bits per heavy atom. The number of hydrogen-bond donors (Lipinski definition) is 1. The van der Waals surface area contributed by atoms with Gasteiger partial charge in [-0.3, -0.25) is 0 Å². The van der Waals surface area contributed by atoms with Gasteiger partial charge in [0, 0.05) is 17.4 Å². The van der Waals surface area contributed by atoms with Gasteiger partial charge in [0.25, 0.3) is 0 Å². The molecule has 0 fully saturated rings. The van der Waals surface area contributed by atoms with Gasteiger partial charge in [-0.05, 0) is 30.3 Å². The van der Waals surface area contributed by atoms with Crippen LogP contribution in [0.2, 0.25) is 0 Å². The summed E-state index contributed by atoms with van der Waals surface area (Å²) in [5.41, 5.74) is 0.708. The Kier molecular flexibility index (Phi) is 6.02. The summed E-state index contributed by atoms with van der Waals surface area (Å²) < 4.78 is 30.9.